The third-order valence-corrected chi connectivity index (χ3v) is 6.53. The number of imide groups is 1. The highest BCUT2D eigenvalue weighted by Gasteiger charge is 2.60. The van der Waals surface area contributed by atoms with Crippen molar-refractivity contribution in [1.29, 1.82) is 0 Å². The van der Waals surface area contributed by atoms with Gasteiger partial charge in [0.2, 0.25) is 5.91 Å². The van der Waals surface area contributed by atoms with Gasteiger partial charge in [0, 0.05) is 17.2 Å². The van der Waals surface area contributed by atoms with Crippen LogP contribution in [0.2, 0.25) is 5.02 Å². The lowest BCUT2D eigenvalue weighted by molar-refractivity contribution is -0.384. The zero-order valence-electron chi connectivity index (χ0n) is 19.4. The molecule has 2 aliphatic rings. The van der Waals surface area contributed by atoms with Crippen LogP contribution in [0.25, 0.3) is 0 Å². The fourth-order valence-electron chi connectivity index (χ4n) is 4.65. The summed E-state index contributed by atoms with van der Waals surface area (Å²) in [6, 6.07) is 17.8. The number of non-ortho nitro benzene ring substituents is 1. The predicted octanol–water partition coefficient (Wildman–Crippen LogP) is 4.48. The molecule has 0 spiro atoms. The van der Waals surface area contributed by atoms with Gasteiger partial charge in [-0.25, -0.2) is 14.8 Å². The van der Waals surface area contributed by atoms with Crippen molar-refractivity contribution in [3.8, 4) is 0 Å². The van der Waals surface area contributed by atoms with Crippen LogP contribution in [-0.2, 0) is 19.2 Å². The van der Waals surface area contributed by atoms with E-state index in [2.05, 4.69) is 0 Å². The Labute approximate surface area is 216 Å². The van der Waals surface area contributed by atoms with Gasteiger partial charge in [-0.15, -0.1) is 0 Å². The lowest BCUT2D eigenvalue weighted by Crippen LogP contribution is -2.38. The first-order valence-corrected chi connectivity index (χ1v) is 11.8. The molecule has 0 radical (unpaired) electrons. The van der Waals surface area contributed by atoms with Crippen LogP contribution >= 0.6 is 11.6 Å². The normalized spacial score (nSPS) is 20.8. The second-order valence-electron chi connectivity index (χ2n) is 8.40. The minimum Gasteiger partial charge on any atom is -0.462 e. The van der Waals surface area contributed by atoms with Crippen LogP contribution in [0.1, 0.15) is 28.9 Å². The summed E-state index contributed by atoms with van der Waals surface area (Å²) < 4.78 is 5.10. The van der Waals surface area contributed by atoms with Crippen LogP contribution in [0.15, 0.2) is 72.8 Å². The summed E-state index contributed by atoms with van der Waals surface area (Å²) in [6.07, 6.45) is -1.18. The SMILES string of the molecule is CCOC(=O)c1ccccc1N1C(=O)C2ON(c3ccc(Cl)cc3)C(c3ccc([N+](=O)[O-])cc3)C2C1=O. The van der Waals surface area contributed by atoms with Crippen molar-refractivity contribution in [3.63, 3.8) is 0 Å². The summed E-state index contributed by atoms with van der Waals surface area (Å²) in [7, 11) is 0. The second kappa shape index (κ2) is 9.64. The first-order chi connectivity index (χ1) is 17.8. The molecule has 0 bridgehead atoms. The Balaban J connectivity index is 1.58. The smallest absolute Gasteiger partial charge is 0.340 e. The number of rotatable bonds is 6. The highest BCUT2D eigenvalue weighted by atomic mass is 35.5. The molecule has 188 valence electrons. The third kappa shape index (κ3) is 4.20. The van der Waals surface area contributed by atoms with Crippen molar-refractivity contribution in [2.45, 2.75) is 19.1 Å². The summed E-state index contributed by atoms with van der Waals surface area (Å²) in [6.45, 7) is 1.78. The van der Waals surface area contributed by atoms with Crippen molar-refractivity contribution < 1.29 is 28.9 Å². The number of hydrogen-bond acceptors (Lipinski definition) is 8. The van der Waals surface area contributed by atoms with Crippen molar-refractivity contribution in [2.24, 2.45) is 5.92 Å². The Hall–Kier alpha value is -4.28. The number of para-hydroxylation sites is 1. The number of carbonyl (C=O) groups excluding carboxylic acids is 3. The van der Waals surface area contributed by atoms with Crippen LogP contribution in [0.5, 0.6) is 0 Å². The largest absolute Gasteiger partial charge is 0.462 e. The van der Waals surface area contributed by atoms with Crippen LogP contribution < -0.4 is 9.96 Å². The van der Waals surface area contributed by atoms with Crippen molar-refractivity contribution in [3.05, 3.63) is 99.1 Å². The summed E-state index contributed by atoms with van der Waals surface area (Å²) in [4.78, 5) is 57.6. The average Bonchev–Trinajstić information content (AvgIpc) is 3.40. The summed E-state index contributed by atoms with van der Waals surface area (Å²) in [5.41, 5.74) is 1.15. The average molecular weight is 522 g/mol. The van der Waals surface area contributed by atoms with E-state index in [1.54, 1.807) is 43.3 Å². The van der Waals surface area contributed by atoms with Crippen LogP contribution in [-0.4, -0.2) is 35.4 Å². The van der Waals surface area contributed by atoms with Crippen molar-refractivity contribution >= 4 is 46.4 Å². The molecule has 2 heterocycles. The first-order valence-electron chi connectivity index (χ1n) is 11.4. The van der Waals surface area contributed by atoms with E-state index in [-0.39, 0.29) is 23.5 Å². The minimum absolute atomic E-state index is 0.0764. The van der Waals surface area contributed by atoms with Gasteiger partial charge >= 0.3 is 5.97 Å². The predicted molar refractivity (Wildman–Crippen MR) is 133 cm³/mol. The number of nitro groups is 1. The number of esters is 1. The molecule has 3 aromatic rings. The molecule has 10 nitrogen and oxygen atoms in total. The molecule has 0 aliphatic carbocycles. The van der Waals surface area contributed by atoms with Gasteiger partial charge < -0.3 is 4.74 Å². The number of halogens is 1. The van der Waals surface area contributed by atoms with E-state index in [1.165, 1.54) is 41.5 Å². The summed E-state index contributed by atoms with van der Waals surface area (Å²) in [5, 5.41) is 13.1. The molecule has 0 N–H and O–H groups in total. The third-order valence-electron chi connectivity index (χ3n) is 6.28. The van der Waals surface area contributed by atoms with E-state index in [4.69, 9.17) is 21.2 Å². The number of benzene rings is 3. The van der Waals surface area contributed by atoms with E-state index in [9.17, 15) is 24.5 Å². The molecule has 3 atom stereocenters. The molecule has 0 aromatic heterocycles. The standard InChI is InChI=1S/C26H20ClN3O7/c1-2-36-26(33)19-5-3-4-6-20(19)28-24(31)21-22(15-7-11-18(12-8-15)30(34)35)29(37-23(21)25(28)32)17-13-9-16(27)10-14-17/h3-14,21-23H,2H2,1H3. The zero-order valence-corrected chi connectivity index (χ0v) is 20.2. The lowest BCUT2D eigenvalue weighted by atomic mass is 9.90. The topological polar surface area (TPSA) is 119 Å². The second-order valence-corrected chi connectivity index (χ2v) is 8.83. The molecule has 11 heteroatoms. The van der Waals surface area contributed by atoms with E-state index in [0.717, 1.165) is 4.90 Å². The van der Waals surface area contributed by atoms with Crippen molar-refractivity contribution in [2.75, 3.05) is 16.6 Å². The number of ether oxygens (including phenoxy) is 1. The molecule has 5 rings (SSSR count). The fraction of sp³-hybridized carbons (Fsp3) is 0.192. The number of anilines is 2. The number of nitrogens with zero attached hydrogens (tertiary/aromatic N) is 3. The number of fused-ring (bicyclic) bond motifs is 1. The molecule has 3 unspecified atom stereocenters. The quantitative estimate of drug-likeness (QED) is 0.202. The maximum absolute atomic E-state index is 13.8. The Morgan fingerprint density at radius 2 is 1.70 bits per heavy atom. The first kappa shape index (κ1) is 24.4. The maximum Gasteiger partial charge on any atom is 0.340 e. The lowest BCUT2D eigenvalue weighted by Gasteiger charge is -2.29. The van der Waals surface area contributed by atoms with E-state index >= 15 is 0 Å². The summed E-state index contributed by atoms with van der Waals surface area (Å²) in [5.74, 6) is -2.84. The van der Waals surface area contributed by atoms with E-state index < -0.39 is 40.8 Å². The minimum atomic E-state index is -1.18. The highest BCUT2D eigenvalue weighted by Crippen LogP contribution is 2.48. The molecule has 2 amide bonds. The highest BCUT2D eigenvalue weighted by molar-refractivity contribution is 6.30. The van der Waals surface area contributed by atoms with Gasteiger partial charge in [-0.05, 0) is 48.9 Å². The number of nitro benzene ring substituents is 1. The molecule has 2 fully saturated rings. The van der Waals surface area contributed by atoms with Gasteiger partial charge in [-0.1, -0.05) is 35.9 Å². The van der Waals surface area contributed by atoms with Gasteiger partial charge in [0.15, 0.2) is 6.10 Å². The maximum atomic E-state index is 13.8. The monoisotopic (exact) mass is 521 g/mol. The Kier molecular flexibility index (Phi) is 6.36. The van der Waals surface area contributed by atoms with Gasteiger partial charge in [0.1, 0.15) is 5.92 Å². The van der Waals surface area contributed by atoms with E-state index in [0.29, 0.717) is 16.3 Å². The van der Waals surface area contributed by atoms with Crippen LogP contribution in [0.3, 0.4) is 0 Å². The number of amides is 2. The van der Waals surface area contributed by atoms with Gasteiger partial charge in [-0.2, -0.15) is 0 Å². The summed E-state index contributed by atoms with van der Waals surface area (Å²) >= 11 is 6.03. The molecule has 3 aromatic carbocycles. The number of hydrogen-bond donors (Lipinski definition) is 0. The molecule has 0 saturated carbocycles. The number of carbonyl (C=O) groups is 3. The Morgan fingerprint density at radius 1 is 1.03 bits per heavy atom. The Morgan fingerprint density at radius 3 is 2.35 bits per heavy atom. The fourth-order valence-corrected chi connectivity index (χ4v) is 4.77. The molecular formula is C26H20ClN3O7. The molecule has 37 heavy (non-hydrogen) atoms. The van der Waals surface area contributed by atoms with Crippen LogP contribution in [0.4, 0.5) is 17.1 Å². The molecular weight excluding hydrogens is 502 g/mol. The number of hydroxylamine groups is 1. The van der Waals surface area contributed by atoms with Crippen LogP contribution in [0, 0.1) is 16.0 Å². The van der Waals surface area contributed by atoms with Gasteiger partial charge in [0.25, 0.3) is 11.6 Å². The van der Waals surface area contributed by atoms with Crippen molar-refractivity contribution in [1.82, 2.24) is 0 Å². The van der Waals surface area contributed by atoms with Gasteiger partial charge in [-0.3, -0.25) is 24.5 Å². The zero-order chi connectivity index (χ0) is 26.3. The molecule has 2 saturated heterocycles. The Bertz CT molecular complexity index is 1390. The van der Waals surface area contributed by atoms with Gasteiger partial charge in [0.05, 0.1) is 34.5 Å². The molecule has 2 aliphatic heterocycles. The van der Waals surface area contributed by atoms with E-state index in [1.807, 2.05) is 0 Å².